The lowest BCUT2D eigenvalue weighted by Gasteiger charge is -2.24. The first-order valence-corrected chi connectivity index (χ1v) is 10.8. The lowest BCUT2D eigenvalue weighted by Crippen LogP contribution is -2.34. The SMILES string of the molecule is O=C(O)N1CCc2sc3ccc(-n4ccc(OCc5ccc(F)cn5)cc4=O)cc3c2C1. The molecule has 4 heterocycles. The van der Waals surface area contributed by atoms with Crippen LogP contribution in [-0.2, 0) is 19.6 Å². The first-order chi connectivity index (χ1) is 15.5. The monoisotopic (exact) mass is 451 g/mol. The van der Waals surface area contributed by atoms with Crippen molar-refractivity contribution in [1.82, 2.24) is 14.5 Å². The minimum atomic E-state index is -0.922. The zero-order chi connectivity index (χ0) is 22.2. The normalized spacial score (nSPS) is 13.2. The van der Waals surface area contributed by atoms with Gasteiger partial charge in [-0.15, -0.1) is 11.3 Å². The number of ether oxygens (including phenoxy) is 1. The van der Waals surface area contributed by atoms with Crippen molar-refractivity contribution in [3.8, 4) is 11.4 Å². The Morgan fingerprint density at radius 1 is 1.22 bits per heavy atom. The number of pyridine rings is 2. The van der Waals surface area contributed by atoms with E-state index in [1.54, 1.807) is 23.6 Å². The van der Waals surface area contributed by atoms with Crippen LogP contribution in [0.15, 0.2) is 59.7 Å². The van der Waals surface area contributed by atoms with E-state index in [-0.39, 0.29) is 12.2 Å². The third-order valence-electron chi connectivity index (χ3n) is 5.43. The average Bonchev–Trinajstić information content (AvgIpc) is 3.16. The molecule has 0 saturated heterocycles. The summed E-state index contributed by atoms with van der Waals surface area (Å²) < 4.78 is 21.2. The predicted octanol–water partition coefficient (Wildman–Crippen LogP) is 4.20. The molecule has 0 fully saturated rings. The van der Waals surface area contributed by atoms with Gasteiger partial charge in [0.25, 0.3) is 5.56 Å². The minimum absolute atomic E-state index is 0.122. The van der Waals surface area contributed by atoms with Gasteiger partial charge >= 0.3 is 6.09 Å². The predicted molar refractivity (Wildman–Crippen MR) is 118 cm³/mol. The Bertz CT molecular complexity index is 1380. The van der Waals surface area contributed by atoms with E-state index in [0.717, 1.165) is 21.8 Å². The highest BCUT2D eigenvalue weighted by Gasteiger charge is 2.24. The van der Waals surface area contributed by atoms with Crippen LogP contribution in [0.1, 0.15) is 16.1 Å². The molecule has 3 aromatic heterocycles. The third kappa shape index (κ3) is 3.82. The molecular weight excluding hydrogens is 433 g/mol. The number of amides is 1. The summed E-state index contributed by atoms with van der Waals surface area (Å²) in [6, 6.07) is 11.7. The van der Waals surface area contributed by atoms with Crippen molar-refractivity contribution in [1.29, 1.82) is 0 Å². The van der Waals surface area contributed by atoms with Gasteiger partial charge in [-0.1, -0.05) is 0 Å². The summed E-state index contributed by atoms with van der Waals surface area (Å²) in [5.41, 5.74) is 2.01. The van der Waals surface area contributed by atoms with Gasteiger partial charge in [-0.2, -0.15) is 0 Å². The number of carboxylic acid groups (broad SMARTS) is 1. The lowest BCUT2D eigenvalue weighted by atomic mass is 10.0. The molecule has 0 bridgehead atoms. The fourth-order valence-electron chi connectivity index (χ4n) is 3.80. The molecule has 1 N–H and O–H groups in total. The van der Waals surface area contributed by atoms with Gasteiger partial charge in [0, 0.05) is 34.1 Å². The van der Waals surface area contributed by atoms with Gasteiger partial charge in [0.2, 0.25) is 0 Å². The number of benzene rings is 1. The molecule has 9 heteroatoms. The van der Waals surface area contributed by atoms with Crippen LogP contribution in [-0.4, -0.2) is 32.2 Å². The molecule has 1 aliphatic rings. The van der Waals surface area contributed by atoms with E-state index in [1.165, 1.54) is 32.5 Å². The average molecular weight is 451 g/mol. The zero-order valence-corrected chi connectivity index (χ0v) is 17.6. The zero-order valence-electron chi connectivity index (χ0n) is 16.8. The van der Waals surface area contributed by atoms with Crippen molar-refractivity contribution < 1.29 is 19.0 Å². The van der Waals surface area contributed by atoms with Gasteiger partial charge < -0.3 is 14.7 Å². The summed E-state index contributed by atoms with van der Waals surface area (Å²) in [7, 11) is 0. The largest absolute Gasteiger partial charge is 0.487 e. The molecule has 1 amide bonds. The maximum Gasteiger partial charge on any atom is 0.407 e. The topological polar surface area (TPSA) is 84.7 Å². The summed E-state index contributed by atoms with van der Waals surface area (Å²) in [5.74, 6) is -0.0284. The highest BCUT2D eigenvalue weighted by Crippen LogP contribution is 2.36. The van der Waals surface area contributed by atoms with Crippen molar-refractivity contribution in [2.24, 2.45) is 0 Å². The van der Waals surface area contributed by atoms with Crippen LogP contribution in [0, 0.1) is 5.82 Å². The van der Waals surface area contributed by atoms with Gasteiger partial charge in [0.15, 0.2) is 0 Å². The van der Waals surface area contributed by atoms with Gasteiger partial charge in [-0.3, -0.25) is 14.3 Å². The summed E-state index contributed by atoms with van der Waals surface area (Å²) in [4.78, 5) is 30.7. The molecule has 1 aromatic carbocycles. The Kier molecular flexibility index (Phi) is 5.10. The van der Waals surface area contributed by atoms with Gasteiger partial charge in [-0.25, -0.2) is 9.18 Å². The van der Waals surface area contributed by atoms with E-state index in [1.807, 2.05) is 18.2 Å². The molecule has 0 unspecified atom stereocenters. The Hall–Kier alpha value is -3.72. The van der Waals surface area contributed by atoms with Crippen molar-refractivity contribution in [3.63, 3.8) is 0 Å². The number of hydrogen-bond donors (Lipinski definition) is 1. The Morgan fingerprint density at radius 3 is 2.84 bits per heavy atom. The molecule has 7 nitrogen and oxygen atoms in total. The van der Waals surface area contributed by atoms with Crippen LogP contribution >= 0.6 is 11.3 Å². The highest BCUT2D eigenvalue weighted by atomic mass is 32.1. The summed E-state index contributed by atoms with van der Waals surface area (Å²) in [6.45, 7) is 0.973. The van der Waals surface area contributed by atoms with E-state index >= 15 is 0 Å². The number of carbonyl (C=O) groups is 1. The third-order valence-corrected chi connectivity index (χ3v) is 6.70. The molecule has 5 rings (SSSR count). The number of rotatable bonds is 4. The van der Waals surface area contributed by atoms with E-state index in [0.29, 0.717) is 36.6 Å². The Labute approximate surface area is 185 Å². The van der Waals surface area contributed by atoms with Crippen molar-refractivity contribution in [2.75, 3.05) is 6.54 Å². The second-order valence-corrected chi connectivity index (χ2v) is 8.60. The number of thiophene rings is 1. The van der Waals surface area contributed by atoms with Crippen LogP contribution in [0.4, 0.5) is 9.18 Å². The van der Waals surface area contributed by atoms with Crippen molar-refractivity contribution in [3.05, 3.63) is 87.2 Å². The van der Waals surface area contributed by atoms with Gasteiger partial charge in [-0.05, 0) is 53.8 Å². The molecule has 32 heavy (non-hydrogen) atoms. The maximum absolute atomic E-state index is 13.0. The highest BCUT2D eigenvalue weighted by molar-refractivity contribution is 7.19. The molecule has 0 radical (unpaired) electrons. The summed E-state index contributed by atoms with van der Waals surface area (Å²) >= 11 is 1.67. The van der Waals surface area contributed by atoms with Crippen LogP contribution < -0.4 is 10.3 Å². The van der Waals surface area contributed by atoms with Crippen LogP contribution in [0.25, 0.3) is 15.8 Å². The number of aromatic nitrogens is 2. The number of hydrogen-bond acceptors (Lipinski definition) is 5. The molecule has 0 saturated carbocycles. The van der Waals surface area contributed by atoms with E-state index in [4.69, 9.17) is 4.74 Å². The fraction of sp³-hybridized carbons (Fsp3) is 0.174. The molecule has 1 aliphatic heterocycles. The van der Waals surface area contributed by atoms with Crippen molar-refractivity contribution >= 4 is 27.5 Å². The van der Waals surface area contributed by atoms with Gasteiger partial charge in [0.1, 0.15) is 18.2 Å². The summed E-state index contributed by atoms with van der Waals surface area (Å²) in [6.07, 6.45) is 2.53. The number of nitrogens with zero attached hydrogens (tertiary/aromatic N) is 3. The van der Waals surface area contributed by atoms with E-state index < -0.39 is 11.9 Å². The van der Waals surface area contributed by atoms with E-state index in [2.05, 4.69) is 4.98 Å². The lowest BCUT2D eigenvalue weighted by molar-refractivity contribution is 0.140. The second-order valence-electron chi connectivity index (χ2n) is 7.47. The Balaban J connectivity index is 1.41. The van der Waals surface area contributed by atoms with Gasteiger partial charge in [0.05, 0.1) is 18.4 Å². The Morgan fingerprint density at radius 2 is 2.09 bits per heavy atom. The standard InChI is InChI=1S/C23H18FN3O4S/c24-14-1-2-15(25-11-14)13-31-17-5-8-27(22(28)10-17)16-3-4-20-18(9-16)19-12-26(23(29)30)7-6-21(19)32-20/h1-5,8-11H,6-7,12-13H2,(H,29,30). The molecular formula is C23H18FN3O4S. The summed E-state index contributed by atoms with van der Waals surface area (Å²) in [5, 5.41) is 10.3. The molecule has 4 aromatic rings. The maximum atomic E-state index is 13.0. The van der Waals surface area contributed by atoms with Crippen molar-refractivity contribution in [2.45, 2.75) is 19.6 Å². The number of halogens is 1. The molecule has 0 atom stereocenters. The molecule has 0 spiro atoms. The first kappa shape index (κ1) is 20.2. The van der Waals surface area contributed by atoms with Crippen LogP contribution in [0.3, 0.4) is 0 Å². The fourth-order valence-corrected chi connectivity index (χ4v) is 4.98. The second kappa shape index (κ2) is 8.08. The smallest absolute Gasteiger partial charge is 0.407 e. The van der Waals surface area contributed by atoms with Crippen LogP contribution in [0.5, 0.6) is 5.75 Å². The number of fused-ring (bicyclic) bond motifs is 3. The first-order valence-electron chi connectivity index (χ1n) is 9.96. The minimum Gasteiger partial charge on any atom is -0.487 e. The van der Waals surface area contributed by atoms with Crippen LogP contribution in [0.2, 0.25) is 0 Å². The van der Waals surface area contributed by atoms with E-state index in [9.17, 15) is 19.1 Å². The molecule has 162 valence electrons. The molecule has 0 aliphatic carbocycles. The quantitative estimate of drug-likeness (QED) is 0.503.